The Hall–Kier alpha value is -2.17. The van der Waals surface area contributed by atoms with Gasteiger partial charge in [0.25, 0.3) is 0 Å². The molecule has 5 nitrogen and oxygen atoms in total. The van der Waals surface area contributed by atoms with Gasteiger partial charge >= 0.3 is 0 Å². The fourth-order valence-corrected chi connectivity index (χ4v) is 3.27. The van der Waals surface area contributed by atoms with E-state index in [1.807, 2.05) is 29.4 Å². The molecule has 0 bridgehead atoms. The van der Waals surface area contributed by atoms with Gasteiger partial charge in [0.2, 0.25) is 5.91 Å². The summed E-state index contributed by atoms with van der Waals surface area (Å²) in [7, 11) is 0. The Kier molecular flexibility index (Phi) is 4.74. The van der Waals surface area contributed by atoms with Gasteiger partial charge in [-0.1, -0.05) is 13.8 Å². The van der Waals surface area contributed by atoms with Crippen molar-refractivity contribution < 1.29 is 4.79 Å². The van der Waals surface area contributed by atoms with Crippen LogP contribution in [0.2, 0.25) is 0 Å². The predicted octanol–water partition coefficient (Wildman–Crippen LogP) is 2.84. The van der Waals surface area contributed by atoms with Gasteiger partial charge < -0.3 is 9.47 Å². The molecular formula is C18H24N4O. The smallest absolute Gasteiger partial charge is 0.227 e. The van der Waals surface area contributed by atoms with Crippen LogP contribution in [0.25, 0.3) is 0 Å². The lowest BCUT2D eigenvalue weighted by atomic mass is 10.0. The Morgan fingerprint density at radius 2 is 2.04 bits per heavy atom. The molecule has 0 fully saturated rings. The number of fused-ring (bicyclic) bond motifs is 1. The monoisotopic (exact) mass is 312 g/mol. The summed E-state index contributed by atoms with van der Waals surface area (Å²) in [4.78, 5) is 23.5. The van der Waals surface area contributed by atoms with Gasteiger partial charge in [-0.05, 0) is 36.5 Å². The second kappa shape index (κ2) is 6.94. The van der Waals surface area contributed by atoms with Crippen LogP contribution in [-0.4, -0.2) is 31.9 Å². The molecule has 0 saturated carbocycles. The van der Waals surface area contributed by atoms with Crippen LogP contribution in [-0.2, 0) is 17.8 Å². The molecule has 2 aromatic rings. The maximum Gasteiger partial charge on any atom is 0.227 e. The number of carbonyl (C=O) groups is 1. The SMILES string of the molecule is CC(C)CC1c2nccn2CCCN1C(=O)Cc1ccncc1. The van der Waals surface area contributed by atoms with Crippen molar-refractivity contribution in [1.29, 1.82) is 0 Å². The second-order valence-corrected chi connectivity index (χ2v) is 6.60. The molecular weight excluding hydrogens is 288 g/mol. The van der Waals surface area contributed by atoms with E-state index in [9.17, 15) is 4.79 Å². The number of carbonyl (C=O) groups excluding carboxylic acids is 1. The summed E-state index contributed by atoms with van der Waals surface area (Å²) >= 11 is 0. The quantitative estimate of drug-likeness (QED) is 0.872. The van der Waals surface area contributed by atoms with E-state index in [1.54, 1.807) is 12.4 Å². The minimum Gasteiger partial charge on any atom is -0.333 e. The van der Waals surface area contributed by atoms with E-state index in [1.165, 1.54) is 0 Å². The highest BCUT2D eigenvalue weighted by Gasteiger charge is 2.30. The first-order valence-electron chi connectivity index (χ1n) is 8.34. The van der Waals surface area contributed by atoms with E-state index in [0.717, 1.165) is 37.3 Å². The lowest BCUT2D eigenvalue weighted by Gasteiger charge is -2.30. The summed E-state index contributed by atoms with van der Waals surface area (Å²) in [6, 6.07) is 3.89. The number of rotatable bonds is 4. The van der Waals surface area contributed by atoms with Crippen LogP contribution in [0, 0.1) is 5.92 Å². The molecule has 0 N–H and O–H groups in total. The minimum atomic E-state index is 0.0711. The first-order chi connectivity index (χ1) is 11.1. The van der Waals surface area contributed by atoms with Gasteiger partial charge in [-0.25, -0.2) is 4.98 Å². The summed E-state index contributed by atoms with van der Waals surface area (Å²) < 4.78 is 2.20. The summed E-state index contributed by atoms with van der Waals surface area (Å²) in [6.07, 6.45) is 9.70. The molecule has 5 heteroatoms. The van der Waals surface area contributed by atoms with Gasteiger partial charge in [0.05, 0.1) is 12.5 Å². The van der Waals surface area contributed by atoms with Crippen molar-refractivity contribution in [1.82, 2.24) is 19.4 Å². The van der Waals surface area contributed by atoms with E-state index in [-0.39, 0.29) is 11.9 Å². The summed E-state index contributed by atoms with van der Waals surface area (Å²) in [6.45, 7) is 6.13. The van der Waals surface area contributed by atoms with E-state index < -0.39 is 0 Å². The molecule has 1 unspecified atom stereocenters. The number of imidazole rings is 1. The largest absolute Gasteiger partial charge is 0.333 e. The molecule has 1 aliphatic heterocycles. The number of amides is 1. The third-order valence-electron chi connectivity index (χ3n) is 4.34. The fraction of sp³-hybridized carbons (Fsp3) is 0.500. The van der Waals surface area contributed by atoms with E-state index >= 15 is 0 Å². The second-order valence-electron chi connectivity index (χ2n) is 6.60. The molecule has 1 aliphatic rings. The Labute approximate surface area is 137 Å². The maximum absolute atomic E-state index is 12.9. The molecule has 0 aliphatic carbocycles. The van der Waals surface area contributed by atoms with Gasteiger partial charge in [-0.3, -0.25) is 9.78 Å². The molecule has 122 valence electrons. The first-order valence-corrected chi connectivity index (χ1v) is 8.34. The summed E-state index contributed by atoms with van der Waals surface area (Å²) in [5, 5.41) is 0. The molecule has 3 rings (SSSR count). The van der Waals surface area contributed by atoms with Crippen LogP contribution in [0.5, 0.6) is 0 Å². The average molecular weight is 312 g/mol. The Morgan fingerprint density at radius 3 is 2.78 bits per heavy atom. The van der Waals surface area contributed by atoms with Gasteiger partial charge in [-0.15, -0.1) is 0 Å². The Morgan fingerprint density at radius 1 is 1.26 bits per heavy atom. The lowest BCUT2D eigenvalue weighted by Crippen LogP contribution is -2.37. The molecule has 2 aromatic heterocycles. The molecule has 0 saturated heterocycles. The standard InChI is InChI=1S/C18H24N4O/c1-14(2)12-16-18-20-8-11-21(18)9-3-10-22(16)17(23)13-15-4-6-19-7-5-15/h4-8,11,14,16H,3,9-10,12-13H2,1-2H3. The Balaban J connectivity index is 1.84. The maximum atomic E-state index is 12.9. The molecule has 0 spiro atoms. The van der Waals surface area contributed by atoms with E-state index in [4.69, 9.17) is 0 Å². The van der Waals surface area contributed by atoms with Crippen molar-refractivity contribution in [2.45, 2.75) is 45.7 Å². The first kappa shape index (κ1) is 15.7. The molecule has 23 heavy (non-hydrogen) atoms. The highest BCUT2D eigenvalue weighted by Crippen LogP contribution is 2.30. The van der Waals surface area contributed by atoms with Crippen molar-refractivity contribution in [3.63, 3.8) is 0 Å². The zero-order chi connectivity index (χ0) is 16.2. The number of hydrogen-bond acceptors (Lipinski definition) is 3. The number of aromatic nitrogens is 3. The van der Waals surface area contributed by atoms with Crippen LogP contribution in [0.15, 0.2) is 36.9 Å². The third kappa shape index (κ3) is 3.60. The van der Waals surface area contributed by atoms with Crippen molar-refractivity contribution in [2.24, 2.45) is 5.92 Å². The van der Waals surface area contributed by atoms with Crippen LogP contribution >= 0.6 is 0 Å². The van der Waals surface area contributed by atoms with Crippen molar-refractivity contribution in [3.8, 4) is 0 Å². The van der Waals surface area contributed by atoms with E-state index in [2.05, 4.69) is 28.4 Å². The number of pyridine rings is 1. The summed E-state index contributed by atoms with van der Waals surface area (Å²) in [5.74, 6) is 1.72. The predicted molar refractivity (Wildman–Crippen MR) is 88.7 cm³/mol. The van der Waals surface area contributed by atoms with Gasteiger partial charge in [0, 0.05) is 37.9 Å². The van der Waals surface area contributed by atoms with Gasteiger partial charge in [-0.2, -0.15) is 0 Å². The highest BCUT2D eigenvalue weighted by molar-refractivity contribution is 5.79. The summed E-state index contributed by atoms with van der Waals surface area (Å²) in [5.41, 5.74) is 1.01. The van der Waals surface area contributed by atoms with Crippen molar-refractivity contribution in [2.75, 3.05) is 6.54 Å². The zero-order valence-electron chi connectivity index (χ0n) is 13.9. The molecule has 3 heterocycles. The number of hydrogen-bond donors (Lipinski definition) is 0. The average Bonchev–Trinajstić information content (AvgIpc) is 2.92. The van der Waals surface area contributed by atoms with Crippen LogP contribution in [0.3, 0.4) is 0 Å². The van der Waals surface area contributed by atoms with Crippen LogP contribution in [0.4, 0.5) is 0 Å². The molecule has 1 atom stereocenters. The van der Waals surface area contributed by atoms with Crippen LogP contribution < -0.4 is 0 Å². The normalized spacial score (nSPS) is 17.9. The minimum absolute atomic E-state index is 0.0711. The third-order valence-corrected chi connectivity index (χ3v) is 4.34. The topological polar surface area (TPSA) is 51.0 Å². The van der Waals surface area contributed by atoms with Crippen molar-refractivity contribution >= 4 is 5.91 Å². The van der Waals surface area contributed by atoms with E-state index in [0.29, 0.717) is 12.3 Å². The highest BCUT2D eigenvalue weighted by atomic mass is 16.2. The molecule has 0 aromatic carbocycles. The van der Waals surface area contributed by atoms with Crippen LogP contribution in [0.1, 0.15) is 44.1 Å². The zero-order valence-corrected chi connectivity index (χ0v) is 13.9. The number of nitrogens with zero attached hydrogens (tertiary/aromatic N) is 4. The molecule has 1 amide bonds. The van der Waals surface area contributed by atoms with Crippen molar-refractivity contribution in [3.05, 3.63) is 48.3 Å². The fourth-order valence-electron chi connectivity index (χ4n) is 3.27. The molecule has 0 radical (unpaired) electrons. The number of aryl methyl sites for hydroxylation is 1. The van der Waals surface area contributed by atoms with Gasteiger partial charge in [0.15, 0.2) is 0 Å². The van der Waals surface area contributed by atoms with Gasteiger partial charge in [0.1, 0.15) is 5.82 Å². The Bertz CT molecular complexity index is 650. The lowest BCUT2D eigenvalue weighted by molar-refractivity contribution is -0.133.